The average Bonchev–Trinajstić information content (AvgIpc) is 2.90. The minimum atomic E-state index is -0.593. The predicted octanol–water partition coefficient (Wildman–Crippen LogP) is 5.03. The lowest BCUT2D eigenvalue weighted by atomic mass is 10.0. The molecule has 184 valence electrons. The highest BCUT2D eigenvalue weighted by Crippen LogP contribution is 2.29. The van der Waals surface area contributed by atoms with Gasteiger partial charge in [0.2, 0.25) is 0 Å². The average molecular weight is 485 g/mol. The molecule has 0 aliphatic rings. The summed E-state index contributed by atoms with van der Waals surface area (Å²) in [6.07, 6.45) is 1.44. The van der Waals surface area contributed by atoms with Crippen molar-refractivity contribution in [3.63, 3.8) is 0 Å². The van der Waals surface area contributed by atoms with Crippen molar-refractivity contribution in [1.82, 2.24) is 5.32 Å². The number of esters is 1. The lowest BCUT2D eigenvalue weighted by molar-refractivity contribution is -0.136. The van der Waals surface area contributed by atoms with E-state index in [0.29, 0.717) is 23.8 Å². The van der Waals surface area contributed by atoms with Crippen molar-refractivity contribution >= 4 is 18.0 Å². The van der Waals surface area contributed by atoms with Crippen LogP contribution in [0.5, 0.6) is 17.2 Å². The van der Waals surface area contributed by atoms with E-state index >= 15 is 0 Å². The Bertz CT molecular complexity index is 1280. The van der Waals surface area contributed by atoms with Gasteiger partial charge in [-0.15, -0.1) is 0 Å². The molecule has 7 heteroatoms. The van der Waals surface area contributed by atoms with Gasteiger partial charge in [0.05, 0.1) is 7.11 Å². The lowest BCUT2D eigenvalue weighted by Gasteiger charge is -2.12. The highest BCUT2D eigenvalue weighted by Gasteiger charge is 2.14. The molecule has 0 spiro atoms. The molecule has 3 aromatic rings. The van der Waals surface area contributed by atoms with E-state index in [1.165, 1.54) is 13.2 Å². The summed E-state index contributed by atoms with van der Waals surface area (Å²) in [5.74, 6) is 0.320. The zero-order valence-corrected chi connectivity index (χ0v) is 20.5. The van der Waals surface area contributed by atoms with Crippen molar-refractivity contribution in [1.29, 1.82) is 5.26 Å². The topological polar surface area (TPSA) is 97.6 Å². The smallest absolute Gasteiger partial charge is 0.349 e. The van der Waals surface area contributed by atoms with Crippen molar-refractivity contribution in [3.05, 3.63) is 95.1 Å². The third-order valence-electron chi connectivity index (χ3n) is 5.26. The molecule has 0 saturated heterocycles. The Morgan fingerprint density at radius 1 is 1.00 bits per heavy atom. The Labute approximate surface area is 210 Å². The van der Waals surface area contributed by atoms with Crippen LogP contribution in [0.3, 0.4) is 0 Å². The second kappa shape index (κ2) is 12.8. The van der Waals surface area contributed by atoms with Gasteiger partial charge in [-0.3, -0.25) is 4.79 Å². The minimum absolute atomic E-state index is 0.0604. The van der Waals surface area contributed by atoms with Crippen molar-refractivity contribution in [2.24, 2.45) is 0 Å². The summed E-state index contributed by atoms with van der Waals surface area (Å²) in [5.41, 5.74) is 2.51. The van der Waals surface area contributed by atoms with Crippen LogP contribution in [0.4, 0.5) is 0 Å². The predicted molar refractivity (Wildman–Crippen MR) is 137 cm³/mol. The number of carbonyl (C=O) groups excluding carboxylic acids is 2. The first-order valence-corrected chi connectivity index (χ1v) is 11.4. The van der Waals surface area contributed by atoms with Crippen LogP contribution in [0.2, 0.25) is 0 Å². The van der Waals surface area contributed by atoms with Gasteiger partial charge in [-0.25, -0.2) is 4.79 Å². The molecule has 7 nitrogen and oxygen atoms in total. The number of hydrogen-bond donors (Lipinski definition) is 1. The van der Waals surface area contributed by atoms with Crippen LogP contribution in [0.1, 0.15) is 36.5 Å². The molecule has 0 aromatic heterocycles. The number of nitrogens with one attached hydrogen (secondary N) is 1. The van der Waals surface area contributed by atoms with Crippen LogP contribution < -0.4 is 19.5 Å². The second-order valence-electron chi connectivity index (χ2n) is 8.24. The summed E-state index contributed by atoms with van der Waals surface area (Å²) in [6, 6.07) is 23.6. The number of nitriles is 1. The Balaban J connectivity index is 1.63. The Hall–Kier alpha value is -4.57. The van der Waals surface area contributed by atoms with E-state index in [0.717, 1.165) is 11.1 Å². The van der Waals surface area contributed by atoms with E-state index in [2.05, 4.69) is 19.2 Å². The fourth-order valence-electron chi connectivity index (χ4n) is 3.30. The van der Waals surface area contributed by atoms with Crippen molar-refractivity contribution in [3.8, 4) is 23.3 Å². The third kappa shape index (κ3) is 7.47. The van der Waals surface area contributed by atoms with Crippen LogP contribution in [-0.2, 0) is 16.1 Å². The molecule has 36 heavy (non-hydrogen) atoms. The first kappa shape index (κ1) is 26.0. The van der Waals surface area contributed by atoms with E-state index in [-0.39, 0.29) is 23.7 Å². The second-order valence-corrected chi connectivity index (χ2v) is 8.24. The normalized spacial score (nSPS) is 10.9. The summed E-state index contributed by atoms with van der Waals surface area (Å²) in [4.78, 5) is 24.8. The van der Waals surface area contributed by atoms with E-state index < -0.39 is 11.9 Å². The minimum Gasteiger partial charge on any atom is -0.493 e. The van der Waals surface area contributed by atoms with Gasteiger partial charge >= 0.3 is 5.97 Å². The van der Waals surface area contributed by atoms with Gasteiger partial charge in [-0.1, -0.05) is 62.4 Å². The van der Waals surface area contributed by atoms with Gasteiger partial charge < -0.3 is 19.5 Å². The van der Waals surface area contributed by atoms with E-state index in [1.807, 2.05) is 54.6 Å². The molecule has 0 unspecified atom stereocenters. The fraction of sp³-hybridized carbons (Fsp3) is 0.207. The SMILES string of the molecule is COc1cc(/C=C(\C#N)C(=O)NCc2ccccc2)ccc1OC(=O)COc1cccc(C(C)C)c1. The van der Waals surface area contributed by atoms with Crippen LogP contribution in [0.15, 0.2) is 78.4 Å². The summed E-state index contributed by atoms with van der Waals surface area (Å²) < 4.78 is 16.3. The van der Waals surface area contributed by atoms with Crippen LogP contribution in [-0.4, -0.2) is 25.6 Å². The van der Waals surface area contributed by atoms with Crippen molar-refractivity contribution < 1.29 is 23.8 Å². The molecule has 0 saturated carbocycles. The van der Waals surface area contributed by atoms with E-state index in [4.69, 9.17) is 14.2 Å². The number of carbonyl (C=O) groups is 2. The van der Waals surface area contributed by atoms with E-state index in [9.17, 15) is 14.9 Å². The first-order chi connectivity index (χ1) is 17.4. The Morgan fingerprint density at radius 2 is 1.78 bits per heavy atom. The number of ether oxygens (including phenoxy) is 3. The molecule has 0 radical (unpaired) electrons. The van der Waals surface area contributed by atoms with Crippen molar-refractivity contribution in [2.45, 2.75) is 26.3 Å². The highest BCUT2D eigenvalue weighted by atomic mass is 16.6. The Kier molecular flexibility index (Phi) is 9.24. The third-order valence-corrected chi connectivity index (χ3v) is 5.26. The fourth-order valence-corrected chi connectivity index (χ4v) is 3.30. The molecule has 0 bridgehead atoms. The van der Waals surface area contributed by atoms with Crippen LogP contribution >= 0.6 is 0 Å². The van der Waals surface area contributed by atoms with Gasteiger partial charge in [0.15, 0.2) is 18.1 Å². The quantitative estimate of drug-likeness (QED) is 0.188. The molecule has 1 N–H and O–H groups in total. The number of rotatable bonds is 10. The largest absolute Gasteiger partial charge is 0.493 e. The molecule has 0 heterocycles. The van der Waals surface area contributed by atoms with Gasteiger partial charge in [-0.05, 0) is 52.9 Å². The standard InChI is InChI=1S/C29H28N2O5/c1-20(2)23-10-7-11-25(16-23)35-19-28(32)36-26-13-12-22(15-27(26)34-3)14-24(17-30)29(33)31-18-21-8-5-4-6-9-21/h4-16,20H,18-19H2,1-3H3,(H,31,33)/b24-14+. The molecule has 0 aliphatic heterocycles. The van der Waals surface area contributed by atoms with Gasteiger partial charge in [0.25, 0.3) is 5.91 Å². The number of benzene rings is 3. The summed E-state index contributed by atoms with van der Waals surface area (Å²) in [6.45, 7) is 4.19. The molecular weight excluding hydrogens is 456 g/mol. The maximum atomic E-state index is 12.4. The zero-order valence-electron chi connectivity index (χ0n) is 20.5. The van der Waals surface area contributed by atoms with Gasteiger partial charge in [0, 0.05) is 6.54 Å². The molecule has 3 aromatic carbocycles. The van der Waals surface area contributed by atoms with E-state index in [1.54, 1.807) is 24.3 Å². The van der Waals surface area contributed by atoms with Gasteiger partial charge in [-0.2, -0.15) is 5.26 Å². The number of amides is 1. The Morgan fingerprint density at radius 3 is 2.47 bits per heavy atom. The summed E-state index contributed by atoms with van der Waals surface area (Å²) >= 11 is 0. The number of hydrogen-bond acceptors (Lipinski definition) is 6. The zero-order chi connectivity index (χ0) is 25.9. The molecular formula is C29H28N2O5. The maximum Gasteiger partial charge on any atom is 0.349 e. The van der Waals surface area contributed by atoms with Crippen molar-refractivity contribution in [2.75, 3.05) is 13.7 Å². The van der Waals surface area contributed by atoms with Crippen LogP contribution in [0, 0.1) is 11.3 Å². The maximum absolute atomic E-state index is 12.4. The molecule has 3 rings (SSSR count). The molecule has 0 atom stereocenters. The first-order valence-electron chi connectivity index (χ1n) is 11.4. The van der Waals surface area contributed by atoms with Gasteiger partial charge in [0.1, 0.15) is 17.4 Å². The highest BCUT2D eigenvalue weighted by molar-refractivity contribution is 6.01. The molecule has 0 aliphatic carbocycles. The molecule has 1 amide bonds. The molecule has 0 fully saturated rings. The number of nitrogens with zero attached hydrogens (tertiary/aromatic N) is 1. The summed E-state index contributed by atoms with van der Waals surface area (Å²) in [5, 5.41) is 12.2. The lowest BCUT2D eigenvalue weighted by Crippen LogP contribution is -2.23. The summed E-state index contributed by atoms with van der Waals surface area (Å²) in [7, 11) is 1.44. The monoisotopic (exact) mass is 484 g/mol. The van der Waals surface area contributed by atoms with Crippen LogP contribution in [0.25, 0.3) is 6.08 Å². The number of methoxy groups -OCH3 is 1.